The predicted octanol–water partition coefficient (Wildman–Crippen LogP) is 4.30. The molecule has 1 amide bonds. The minimum atomic E-state index is -3.96. The third kappa shape index (κ3) is 5.51. The second-order valence-electron chi connectivity index (χ2n) is 6.91. The van der Waals surface area contributed by atoms with Gasteiger partial charge in [0, 0.05) is 10.6 Å². The van der Waals surface area contributed by atoms with Crippen LogP contribution in [0.15, 0.2) is 82.8 Å². The van der Waals surface area contributed by atoms with Crippen LogP contribution in [0.25, 0.3) is 0 Å². The van der Waals surface area contributed by atoms with E-state index in [1.807, 2.05) is 19.9 Å². The molecule has 8 heteroatoms. The summed E-state index contributed by atoms with van der Waals surface area (Å²) in [6.45, 7) is 3.39. The van der Waals surface area contributed by atoms with E-state index >= 15 is 0 Å². The van der Waals surface area contributed by atoms with Gasteiger partial charge in [0.05, 0.1) is 16.8 Å². The second-order valence-corrected chi connectivity index (χ2v) is 9.18. The van der Waals surface area contributed by atoms with Gasteiger partial charge in [0.1, 0.15) is 6.54 Å². The molecule has 3 aromatic rings. The fraction of sp³-hybridized carbons (Fsp3) is 0.130. The van der Waals surface area contributed by atoms with Gasteiger partial charge in [0.15, 0.2) is 0 Å². The summed E-state index contributed by atoms with van der Waals surface area (Å²) in [5.41, 5.74) is 5.35. The third-order valence-electron chi connectivity index (χ3n) is 4.69. The Labute approximate surface area is 187 Å². The van der Waals surface area contributed by atoms with E-state index in [2.05, 4.69) is 10.5 Å². The van der Waals surface area contributed by atoms with Gasteiger partial charge in [-0.15, -0.1) is 0 Å². The highest BCUT2D eigenvalue weighted by molar-refractivity contribution is 7.92. The summed E-state index contributed by atoms with van der Waals surface area (Å²) in [7, 11) is -3.96. The molecule has 31 heavy (non-hydrogen) atoms. The Morgan fingerprint density at radius 2 is 1.68 bits per heavy atom. The van der Waals surface area contributed by atoms with Crippen LogP contribution in [0.3, 0.4) is 0 Å². The van der Waals surface area contributed by atoms with Crippen molar-refractivity contribution < 1.29 is 13.2 Å². The number of nitrogens with one attached hydrogen (secondary N) is 1. The van der Waals surface area contributed by atoms with Crippen LogP contribution in [0.4, 0.5) is 5.69 Å². The Bertz CT molecular complexity index is 1210. The molecule has 0 unspecified atom stereocenters. The number of anilines is 1. The fourth-order valence-electron chi connectivity index (χ4n) is 2.83. The molecular formula is C23H22ClN3O3S. The topological polar surface area (TPSA) is 78.8 Å². The SMILES string of the molecule is Cc1ccc(N(CC(=O)N/N=C\c2ccccc2Cl)S(=O)(=O)c2ccccc2)cc1C. The van der Waals surface area contributed by atoms with Gasteiger partial charge >= 0.3 is 0 Å². The van der Waals surface area contributed by atoms with Crippen LogP contribution in [-0.2, 0) is 14.8 Å². The molecule has 0 heterocycles. The number of nitrogens with zero attached hydrogens (tertiary/aromatic N) is 2. The maximum atomic E-state index is 13.3. The van der Waals surface area contributed by atoms with Crippen molar-refractivity contribution in [1.82, 2.24) is 5.43 Å². The number of aryl methyl sites for hydroxylation is 2. The Morgan fingerprint density at radius 3 is 2.35 bits per heavy atom. The number of carbonyl (C=O) groups is 1. The van der Waals surface area contributed by atoms with Crippen LogP contribution in [0.5, 0.6) is 0 Å². The first-order chi connectivity index (χ1) is 14.8. The van der Waals surface area contributed by atoms with Gasteiger partial charge in [0.2, 0.25) is 0 Å². The molecule has 0 spiro atoms. The Morgan fingerprint density at radius 1 is 1.00 bits per heavy atom. The molecule has 6 nitrogen and oxygen atoms in total. The van der Waals surface area contributed by atoms with Crippen LogP contribution in [0, 0.1) is 13.8 Å². The number of hydrogen-bond donors (Lipinski definition) is 1. The van der Waals surface area contributed by atoms with Crippen LogP contribution < -0.4 is 9.73 Å². The summed E-state index contributed by atoms with van der Waals surface area (Å²) in [6.07, 6.45) is 1.41. The van der Waals surface area contributed by atoms with E-state index in [9.17, 15) is 13.2 Å². The van der Waals surface area contributed by atoms with Gasteiger partial charge in [0.25, 0.3) is 15.9 Å². The van der Waals surface area contributed by atoms with Crippen molar-refractivity contribution in [2.24, 2.45) is 5.10 Å². The lowest BCUT2D eigenvalue weighted by atomic mass is 10.1. The zero-order chi connectivity index (χ0) is 22.4. The fourth-order valence-corrected chi connectivity index (χ4v) is 4.45. The van der Waals surface area contributed by atoms with Gasteiger partial charge in [-0.05, 0) is 55.3 Å². The highest BCUT2D eigenvalue weighted by Crippen LogP contribution is 2.25. The zero-order valence-electron chi connectivity index (χ0n) is 17.1. The van der Waals surface area contributed by atoms with Gasteiger partial charge in [-0.1, -0.05) is 54.1 Å². The van der Waals surface area contributed by atoms with Crippen molar-refractivity contribution >= 4 is 39.4 Å². The van der Waals surface area contributed by atoms with Crippen LogP contribution in [0.1, 0.15) is 16.7 Å². The molecular weight excluding hydrogens is 434 g/mol. The summed E-state index contributed by atoms with van der Waals surface area (Å²) in [4.78, 5) is 12.7. The number of carbonyl (C=O) groups excluding carboxylic acids is 1. The molecule has 0 fully saturated rings. The molecule has 0 aliphatic heterocycles. The summed E-state index contributed by atoms with van der Waals surface area (Å²) in [5.74, 6) is -0.582. The highest BCUT2D eigenvalue weighted by atomic mass is 35.5. The molecule has 0 aliphatic rings. The van der Waals surface area contributed by atoms with Crippen molar-refractivity contribution in [3.05, 3.63) is 94.5 Å². The lowest BCUT2D eigenvalue weighted by molar-refractivity contribution is -0.119. The van der Waals surface area contributed by atoms with Gasteiger partial charge in [-0.25, -0.2) is 13.8 Å². The van der Waals surface area contributed by atoms with E-state index in [4.69, 9.17) is 11.6 Å². The molecule has 0 atom stereocenters. The average molecular weight is 456 g/mol. The van der Waals surface area contributed by atoms with Gasteiger partial charge < -0.3 is 0 Å². The largest absolute Gasteiger partial charge is 0.271 e. The van der Waals surface area contributed by atoms with Crippen molar-refractivity contribution in [1.29, 1.82) is 0 Å². The number of amides is 1. The molecule has 1 N–H and O–H groups in total. The molecule has 160 valence electrons. The summed E-state index contributed by atoms with van der Waals surface area (Å²) in [6, 6.07) is 20.3. The maximum Gasteiger partial charge on any atom is 0.264 e. The number of hydrogen-bond acceptors (Lipinski definition) is 4. The quantitative estimate of drug-likeness (QED) is 0.426. The van der Waals surface area contributed by atoms with E-state index in [1.165, 1.54) is 18.3 Å². The van der Waals surface area contributed by atoms with Crippen molar-refractivity contribution in [2.75, 3.05) is 10.8 Å². The highest BCUT2D eigenvalue weighted by Gasteiger charge is 2.27. The number of benzene rings is 3. The first-order valence-corrected chi connectivity index (χ1v) is 11.3. The summed E-state index contributed by atoms with van der Waals surface area (Å²) in [5, 5.41) is 4.39. The minimum absolute atomic E-state index is 0.0978. The van der Waals surface area contributed by atoms with Crippen molar-refractivity contribution in [3.63, 3.8) is 0 Å². The Balaban J connectivity index is 1.87. The lowest BCUT2D eigenvalue weighted by Gasteiger charge is -2.24. The van der Waals surface area contributed by atoms with Gasteiger partial charge in [-0.2, -0.15) is 5.10 Å². The molecule has 0 aromatic heterocycles. The number of halogens is 1. The molecule has 0 aliphatic carbocycles. The monoisotopic (exact) mass is 455 g/mol. The molecule has 0 radical (unpaired) electrons. The van der Waals surface area contributed by atoms with Crippen LogP contribution in [0.2, 0.25) is 5.02 Å². The standard InChI is InChI=1S/C23H22ClN3O3S/c1-17-12-13-20(14-18(17)2)27(31(29,30)21-9-4-3-5-10-21)16-23(28)26-25-15-19-8-6-7-11-22(19)24/h3-15H,16H2,1-2H3,(H,26,28)/b25-15-. The lowest BCUT2D eigenvalue weighted by Crippen LogP contribution is -2.39. The number of hydrazone groups is 1. The zero-order valence-corrected chi connectivity index (χ0v) is 18.7. The van der Waals surface area contributed by atoms with E-state index in [1.54, 1.807) is 54.6 Å². The predicted molar refractivity (Wildman–Crippen MR) is 124 cm³/mol. The number of sulfonamides is 1. The van der Waals surface area contributed by atoms with Gasteiger partial charge in [-0.3, -0.25) is 9.10 Å². The Kier molecular flexibility index (Phi) is 7.09. The van der Waals surface area contributed by atoms with Crippen molar-refractivity contribution in [3.8, 4) is 0 Å². The van der Waals surface area contributed by atoms with Crippen LogP contribution in [-0.4, -0.2) is 27.1 Å². The first kappa shape index (κ1) is 22.5. The average Bonchev–Trinajstić information content (AvgIpc) is 2.76. The Hall–Kier alpha value is -3.16. The molecule has 0 saturated heterocycles. The maximum absolute atomic E-state index is 13.3. The third-order valence-corrected chi connectivity index (χ3v) is 6.83. The smallest absolute Gasteiger partial charge is 0.264 e. The minimum Gasteiger partial charge on any atom is -0.271 e. The number of rotatable bonds is 7. The molecule has 3 rings (SSSR count). The molecule has 0 saturated carbocycles. The van der Waals surface area contributed by atoms with Crippen molar-refractivity contribution in [2.45, 2.75) is 18.7 Å². The molecule has 0 bridgehead atoms. The first-order valence-electron chi connectivity index (χ1n) is 9.50. The van der Waals surface area contributed by atoms with E-state index in [0.29, 0.717) is 16.3 Å². The summed E-state index contributed by atoms with van der Waals surface area (Å²) < 4.78 is 27.7. The van der Waals surface area contributed by atoms with E-state index < -0.39 is 22.5 Å². The second kappa shape index (κ2) is 9.76. The van der Waals surface area contributed by atoms with E-state index in [0.717, 1.165) is 15.4 Å². The molecule has 3 aromatic carbocycles. The van der Waals surface area contributed by atoms with Crippen LogP contribution >= 0.6 is 11.6 Å². The normalized spacial score (nSPS) is 11.5. The summed E-state index contributed by atoms with van der Waals surface area (Å²) >= 11 is 6.07. The van der Waals surface area contributed by atoms with E-state index in [-0.39, 0.29) is 4.90 Å².